The molecule has 1 heterocycles. The average Bonchev–Trinajstić information content (AvgIpc) is 2.38. The fraction of sp³-hybridized carbons (Fsp3) is 1.00. The van der Waals surface area contributed by atoms with Gasteiger partial charge < -0.3 is 16.0 Å². The Morgan fingerprint density at radius 1 is 1.29 bits per heavy atom. The van der Waals surface area contributed by atoms with Crippen LogP contribution in [0.3, 0.4) is 0 Å². The summed E-state index contributed by atoms with van der Waals surface area (Å²) < 4.78 is 0. The maximum absolute atomic E-state index is 5.46. The van der Waals surface area contributed by atoms with Gasteiger partial charge in [-0.25, -0.2) is 0 Å². The van der Waals surface area contributed by atoms with Crippen LogP contribution in [0.5, 0.6) is 0 Å². The largest absolute Gasteiger partial charge is 0.330 e. The van der Waals surface area contributed by atoms with Crippen LogP contribution in [0.4, 0.5) is 0 Å². The number of likely N-dealkylation sites (tertiary alicyclic amines) is 1. The van der Waals surface area contributed by atoms with Crippen LogP contribution in [-0.2, 0) is 0 Å². The third-order valence-corrected chi connectivity index (χ3v) is 3.02. The molecule has 0 radical (unpaired) electrons. The van der Waals surface area contributed by atoms with Crippen molar-refractivity contribution in [3.05, 3.63) is 0 Å². The minimum atomic E-state index is 0.748. The van der Waals surface area contributed by atoms with Crippen molar-refractivity contribution in [3.63, 3.8) is 0 Å². The summed E-state index contributed by atoms with van der Waals surface area (Å²) in [5.41, 5.74) is 5.46. The monoisotopic (exact) mass is 199 g/mol. The van der Waals surface area contributed by atoms with Gasteiger partial charge in [0.2, 0.25) is 0 Å². The summed E-state index contributed by atoms with van der Waals surface area (Å²) in [6.07, 6.45) is 6.36. The molecule has 1 fully saturated rings. The standard InChI is InChI=1S/C11H25N3/c1-14-9-4-5-11(6-10-14)13-8-3-2-7-12/h11,13H,2-10,12H2,1H3. The minimum Gasteiger partial charge on any atom is -0.330 e. The second-order valence-corrected chi connectivity index (χ2v) is 4.38. The van der Waals surface area contributed by atoms with E-state index in [-0.39, 0.29) is 0 Å². The summed E-state index contributed by atoms with van der Waals surface area (Å²) in [7, 11) is 2.22. The molecule has 1 atom stereocenters. The van der Waals surface area contributed by atoms with Crippen LogP contribution in [0.25, 0.3) is 0 Å². The Morgan fingerprint density at radius 2 is 2.14 bits per heavy atom. The Balaban J connectivity index is 2.05. The molecular weight excluding hydrogens is 174 g/mol. The van der Waals surface area contributed by atoms with E-state index < -0.39 is 0 Å². The van der Waals surface area contributed by atoms with Crippen LogP contribution in [-0.4, -0.2) is 44.2 Å². The predicted molar refractivity (Wildman–Crippen MR) is 61.4 cm³/mol. The molecule has 14 heavy (non-hydrogen) atoms. The van der Waals surface area contributed by atoms with Gasteiger partial charge in [0.15, 0.2) is 0 Å². The highest BCUT2D eigenvalue weighted by molar-refractivity contribution is 4.73. The summed E-state index contributed by atoms with van der Waals surface area (Å²) in [6.45, 7) is 4.48. The van der Waals surface area contributed by atoms with Crippen LogP contribution in [0.2, 0.25) is 0 Å². The molecule has 0 spiro atoms. The molecule has 1 aliphatic rings. The Morgan fingerprint density at radius 3 is 2.93 bits per heavy atom. The van der Waals surface area contributed by atoms with Gasteiger partial charge in [-0.2, -0.15) is 0 Å². The highest BCUT2D eigenvalue weighted by atomic mass is 15.1. The van der Waals surface area contributed by atoms with E-state index >= 15 is 0 Å². The second kappa shape index (κ2) is 7.21. The van der Waals surface area contributed by atoms with Crippen LogP contribution < -0.4 is 11.1 Å². The highest BCUT2D eigenvalue weighted by Crippen LogP contribution is 2.09. The van der Waals surface area contributed by atoms with Gasteiger partial charge in [-0.1, -0.05) is 0 Å². The zero-order chi connectivity index (χ0) is 10.2. The van der Waals surface area contributed by atoms with E-state index in [9.17, 15) is 0 Å². The lowest BCUT2D eigenvalue weighted by Crippen LogP contribution is -2.31. The first kappa shape index (κ1) is 12.0. The highest BCUT2D eigenvalue weighted by Gasteiger charge is 2.13. The van der Waals surface area contributed by atoms with Crippen molar-refractivity contribution in [1.29, 1.82) is 0 Å². The first-order valence-electron chi connectivity index (χ1n) is 5.95. The molecule has 1 aliphatic heterocycles. The smallest absolute Gasteiger partial charge is 0.00797 e. The van der Waals surface area contributed by atoms with Crippen molar-refractivity contribution in [2.75, 3.05) is 33.2 Å². The molecular formula is C11H25N3. The van der Waals surface area contributed by atoms with Gasteiger partial charge in [-0.15, -0.1) is 0 Å². The normalized spacial score (nSPS) is 24.9. The number of hydrogen-bond donors (Lipinski definition) is 2. The number of rotatable bonds is 5. The first-order chi connectivity index (χ1) is 6.83. The summed E-state index contributed by atoms with van der Waals surface area (Å²) in [5.74, 6) is 0. The molecule has 3 N–H and O–H groups in total. The Hall–Kier alpha value is -0.120. The minimum absolute atomic E-state index is 0.748. The number of nitrogens with zero attached hydrogens (tertiary/aromatic N) is 1. The molecule has 3 nitrogen and oxygen atoms in total. The molecule has 84 valence electrons. The molecule has 0 saturated carbocycles. The van der Waals surface area contributed by atoms with E-state index in [4.69, 9.17) is 5.73 Å². The van der Waals surface area contributed by atoms with Crippen LogP contribution >= 0.6 is 0 Å². The fourth-order valence-electron chi connectivity index (χ4n) is 2.02. The maximum Gasteiger partial charge on any atom is 0.00797 e. The zero-order valence-electron chi connectivity index (χ0n) is 9.47. The molecule has 0 aromatic rings. The first-order valence-corrected chi connectivity index (χ1v) is 5.95. The maximum atomic E-state index is 5.46. The van der Waals surface area contributed by atoms with Crippen LogP contribution in [0, 0.1) is 0 Å². The van der Waals surface area contributed by atoms with Crippen LogP contribution in [0.15, 0.2) is 0 Å². The molecule has 1 rings (SSSR count). The van der Waals surface area contributed by atoms with Crippen LogP contribution in [0.1, 0.15) is 32.1 Å². The molecule has 0 bridgehead atoms. The van der Waals surface area contributed by atoms with Crippen molar-refractivity contribution in [3.8, 4) is 0 Å². The summed E-state index contributed by atoms with van der Waals surface area (Å²) >= 11 is 0. The average molecular weight is 199 g/mol. The molecule has 0 aromatic carbocycles. The van der Waals surface area contributed by atoms with E-state index in [0.29, 0.717) is 0 Å². The Labute approximate surface area is 88.0 Å². The van der Waals surface area contributed by atoms with Crippen molar-refractivity contribution in [2.45, 2.75) is 38.1 Å². The number of nitrogens with two attached hydrogens (primary N) is 1. The summed E-state index contributed by atoms with van der Waals surface area (Å²) in [4.78, 5) is 2.43. The Bertz CT molecular complexity index is 138. The molecule has 1 saturated heterocycles. The third-order valence-electron chi connectivity index (χ3n) is 3.02. The lowest BCUT2D eigenvalue weighted by molar-refractivity contribution is 0.343. The number of nitrogens with one attached hydrogen (secondary N) is 1. The fourth-order valence-corrected chi connectivity index (χ4v) is 2.02. The topological polar surface area (TPSA) is 41.3 Å². The zero-order valence-corrected chi connectivity index (χ0v) is 9.47. The van der Waals surface area contributed by atoms with E-state index in [0.717, 1.165) is 25.6 Å². The third kappa shape index (κ3) is 4.94. The number of hydrogen-bond acceptors (Lipinski definition) is 3. The Kier molecular flexibility index (Phi) is 6.15. The molecule has 0 aromatic heterocycles. The lowest BCUT2D eigenvalue weighted by Gasteiger charge is -2.16. The van der Waals surface area contributed by atoms with Crippen molar-refractivity contribution in [1.82, 2.24) is 10.2 Å². The summed E-state index contributed by atoms with van der Waals surface area (Å²) in [6, 6.07) is 0.748. The van der Waals surface area contributed by atoms with Crippen molar-refractivity contribution >= 4 is 0 Å². The van der Waals surface area contributed by atoms with Gasteiger partial charge in [0.1, 0.15) is 0 Å². The van der Waals surface area contributed by atoms with Gasteiger partial charge >= 0.3 is 0 Å². The molecule has 3 heteroatoms. The van der Waals surface area contributed by atoms with E-state index in [2.05, 4.69) is 17.3 Å². The van der Waals surface area contributed by atoms with Crippen molar-refractivity contribution in [2.24, 2.45) is 5.73 Å². The summed E-state index contributed by atoms with van der Waals surface area (Å²) in [5, 5.41) is 3.63. The van der Waals surface area contributed by atoms with Gasteiger partial charge in [0, 0.05) is 6.04 Å². The van der Waals surface area contributed by atoms with Crippen molar-refractivity contribution < 1.29 is 0 Å². The van der Waals surface area contributed by atoms with Gasteiger partial charge in [0.25, 0.3) is 0 Å². The quantitative estimate of drug-likeness (QED) is 0.644. The molecule has 1 unspecified atom stereocenters. The van der Waals surface area contributed by atoms with E-state index in [1.54, 1.807) is 0 Å². The van der Waals surface area contributed by atoms with E-state index in [1.807, 2.05) is 0 Å². The van der Waals surface area contributed by atoms with Gasteiger partial charge in [-0.3, -0.25) is 0 Å². The van der Waals surface area contributed by atoms with Gasteiger partial charge in [0.05, 0.1) is 0 Å². The van der Waals surface area contributed by atoms with Gasteiger partial charge in [-0.05, 0) is 65.3 Å². The lowest BCUT2D eigenvalue weighted by atomic mass is 10.1. The number of unbranched alkanes of at least 4 members (excludes halogenated alkanes) is 1. The molecule has 0 amide bonds. The second-order valence-electron chi connectivity index (χ2n) is 4.38. The molecule has 0 aliphatic carbocycles. The predicted octanol–water partition coefficient (Wildman–Crippen LogP) is 0.799. The SMILES string of the molecule is CN1CCCC(NCCCCN)CC1. The van der Waals surface area contributed by atoms with E-state index in [1.165, 1.54) is 38.8 Å².